The smallest absolute Gasteiger partial charge is 0.545 e. The molecule has 4 saturated heterocycles. The Labute approximate surface area is 161 Å². The molecule has 1 aromatic carbocycles. The second-order valence-electron chi connectivity index (χ2n) is 5.19. The summed E-state index contributed by atoms with van der Waals surface area (Å²) in [6, 6.07) is 8.06. The predicted octanol–water partition coefficient (Wildman–Crippen LogP) is -3.97. The molecule has 0 aromatic heterocycles. The van der Waals surface area contributed by atoms with Crippen LogP contribution in [0.1, 0.15) is 10.4 Å². The number of benzene rings is 1. The van der Waals surface area contributed by atoms with Crippen LogP contribution in [0.4, 0.5) is 0 Å². The number of carbonyl (C=O) groups is 1. The fourth-order valence-corrected chi connectivity index (χ4v) is 2.81. The molecule has 20 heavy (non-hydrogen) atoms. The van der Waals surface area contributed by atoms with Gasteiger partial charge in [-0.3, -0.25) is 19.6 Å². The molecule has 1 aromatic rings. The van der Waals surface area contributed by atoms with Crippen molar-refractivity contribution < 1.29 is 61.3 Å². The van der Waals surface area contributed by atoms with Gasteiger partial charge in [0.05, 0.1) is 46.0 Å². The van der Waals surface area contributed by atoms with E-state index in [4.69, 9.17) is 0 Å². The topological polar surface area (TPSA) is 53.1 Å². The Balaban J connectivity index is 0.000000141. The summed E-state index contributed by atoms with van der Waals surface area (Å²) in [6.07, 6.45) is 0. The van der Waals surface area contributed by atoms with Gasteiger partial charge in [-0.2, -0.15) is 0 Å². The van der Waals surface area contributed by atoms with Gasteiger partial charge in [0.2, 0.25) is 0 Å². The first-order chi connectivity index (χ1) is 9.20. The maximum absolute atomic E-state index is 10.1. The minimum atomic E-state index is -1.13. The zero-order valence-corrected chi connectivity index (χ0v) is 14.9. The van der Waals surface area contributed by atoms with Crippen LogP contribution in [0.3, 0.4) is 0 Å². The Morgan fingerprint density at radius 2 is 1.15 bits per heavy atom. The van der Waals surface area contributed by atoms with Crippen LogP contribution in [-0.2, 0) is 0 Å². The SMILES string of the molecule is C1N2CN3CN1CN(C2)C3.O=C([O-])c1ccccc1.[K+]. The van der Waals surface area contributed by atoms with Gasteiger partial charge in [0.25, 0.3) is 0 Å². The van der Waals surface area contributed by atoms with E-state index in [-0.39, 0.29) is 56.9 Å². The summed E-state index contributed by atoms with van der Waals surface area (Å²) >= 11 is 0. The summed E-state index contributed by atoms with van der Waals surface area (Å²) in [4.78, 5) is 20.0. The molecule has 5 rings (SSSR count). The summed E-state index contributed by atoms with van der Waals surface area (Å²) in [6.45, 7) is 7.12. The molecule has 4 fully saturated rings. The summed E-state index contributed by atoms with van der Waals surface area (Å²) in [5, 5.41) is 10.1. The third-order valence-electron chi connectivity index (χ3n) is 3.41. The molecule has 0 radical (unpaired) electrons. The number of carboxylic acids is 1. The predicted molar refractivity (Wildman–Crippen MR) is 67.3 cm³/mol. The Hall–Kier alpha value is 0.166. The van der Waals surface area contributed by atoms with Gasteiger partial charge in [-0.15, -0.1) is 0 Å². The summed E-state index contributed by atoms with van der Waals surface area (Å²) in [7, 11) is 0. The normalized spacial score (nSPS) is 32.8. The third-order valence-corrected chi connectivity index (χ3v) is 3.41. The Bertz CT molecular complexity index is 400. The van der Waals surface area contributed by atoms with Crippen LogP contribution in [0.25, 0.3) is 0 Å². The van der Waals surface area contributed by atoms with Crippen LogP contribution >= 0.6 is 0 Å². The van der Waals surface area contributed by atoms with Crippen molar-refractivity contribution in [3.8, 4) is 0 Å². The molecule has 0 N–H and O–H groups in total. The van der Waals surface area contributed by atoms with Crippen molar-refractivity contribution in [1.29, 1.82) is 0 Å². The quantitative estimate of drug-likeness (QED) is 0.493. The first-order valence-electron chi connectivity index (χ1n) is 6.36. The van der Waals surface area contributed by atoms with E-state index in [1.807, 2.05) is 0 Å². The van der Waals surface area contributed by atoms with E-state index >= 15 is 0 Å². The van der Waals surface area contributed by atoms with Gasteiger partial charge in [0.15, 0.2) is 0 Å². The van der Waals surface area contributed by atoms with Crippen LogP contribution < -0.4 is 56.5 Å². The summed E-state index contributed by atoms with van der Waals surface area (Å²) in [5.41, 5.74) is 0.220. The number of hydrogen-bond donors (Lipinski definition) is 0. The van der Waals surface area contributed by atoms with Crippen LogP contribution in [0.5, 0.6) is 0 Å². The van der Waals surface area contributed by atoms with E-state index in [0.717, 1.165) is 0 Å². The minimum absolute atomic E-state index is 0. The fraction of sp³-hybridized carbons (Fsp3) is 0.462. The zero-order valence-electron chi connectivity index (χ0n) is 11.7. The van der Waals surface area contributed by atoms with Crippen molar-refractivity contribution in [1.82, 2.24) is 19.6 Å². The molecule has 0 spiro atoms. The average Bonchev–Trinajstić information content (AvgIpc) is 2.39. The summed E-state index contributed by atoms with van der Waals surface area (Å²) < 4.78 is 0. The maximum atomic E-state index is 10.1. The number of aromatic carboxylic acids is 1. The molecule has 6 nitrogen and oxygen atoms in total. The molecule has 0 amide bonds. The third kappa shape index (κ3) is 4.09. The van der Waals surface area contributed by atoms with Crippen LogP contribution in [0, 0.1) is 0 Å². The first-order valence-corrected chi connectivity index (χ1v) is 6.36. The largest absolute Gasteiger partial charge is 1.00 e. The van der Waals surface area contributed by atoms with Gasteiger partial charge in [-0.1, -0.05) is 30.3 Å². The van der Waals surface area contributed by atoms with Crippen LogP contribution in [0.15, 0.2) is 30.3 Å². The molecule has 4 aliphatic rings. The van der Waals surface area contributed by atoms with Crippen molar-refractivity contribution in [2.75, 3.05) is 40.0 Å². The van der Waals surface area contributed by atoms with Gasteiger partial charge < -0.3 is 9.90 Å². The zero-order chi connectivity index (χ0) is 13.2. The van der Waals surface area contributed by atoms with Gasteiger partial charge in [0.1, 0.15) is 0 Å². The molecule has 0 aliphatic carbocycles. The molecule has 102 valence electrons. The minimum Gasteiger partial charge on any atom is -0.545 e. The molecule has 0 saturated carbocycles. The van der Waals surface area contributed by atoms with Crippen LogP contribution in [0.2, 0.25) is 0 Å². The molecule has 7 heteroatoms. The second kappa shape index (κ2) is 7.44. The van der Waals surface area contributed by atoms with Gasteiger partial charge in [0, 0.05) is 0 Å². The fourth-order valence-electron chi connectivity index (χ4n) is 2.81. The number of carbonyl (C=O) groups excluding carboxylic acids is 1. The van der Waals surface area contributed by atoms with Crippen molar-refractivity contribution in [2.45, 2.75) is 0 Å². The Kier molecular flexibility index (Phi) is 6.15. The average molecular weight is 300 g/mol. The van der Waals surface area contributed by atoms with Crippen molar-refractivity contribution in [3.63, 3.8) is 0 Å². The standard InChI is InChI=1S/C7H6O2.C6H12N4.K/c8-7(9)6-4-2-1-3-5-6;1-7-2-9-4-8(1)5-10(3-7)6-9;/h1-5H,(H,8,9);1-6H2;/q;;+1/p-1. The molecule has 4 heterocycles. The maximum Gasteiger partial charge on any atom is 1.00 e. The van der Waals surface area contributed by atoms with E-state index in [1.165, 1.54) is 52.1 Å². The Morgan fingerprint density at radius 3 is 1.40 bits per heavy atom. The van der Waals surface area contributed by atoms with Crippen molar-refractivity contribution in [3.05, 3.63) is 35.9 Å². The van der Waals surface area contributed by atoms with Gasteiger partial charge >= 0.3 is 51.4 Å². The number of nitrogens with zero attached hydrogens (tertiary/aromatic N) is 4. The molecule has 0 unspecified atom stereocenters. The Morgan fingerprint density at radius 1 is 0.800 bits per heavy atom. The van der Waals surface area contributed by atoms with E-state index in [0.29, 0.717) is 0 Å². The van der Waals surface area contributed by atoms with Crippen LogP contribution in [-0.4, -0.2) is 65.6 Å². The van der Waals surface area contributed by atoms with Gasteiger partial charge in [-0.25, -0.2) is 0 Å². The van der Waals surface area contributed by atoms with Crippen molar-refractivity contribution in [2.24, 2.45) is 0 Å². The van der Waals surface area contributed by atoms with Crippen molar-refractivity contribution >= 4 is 5.97 Å². The van der Waals surface area contributed by atoms with E-state index in [2.05, 4.69) is 19.6 Å². The molecule has 0 atom stereocenters. The molecule has 4 bridgehead atoms. The second-order valence-corrected chi connectivity index (χ2v) is 5.19. The van der Waals surface area contributed by atoms with Gasteiger partial charge in [-0.05, 0) is 5.56 Å². The van der Waals surface area contributed by atoms with E-state index < -0.39 is 5.97 Å². The number of carboxylic acid groups (broad SMARTS) is 1. The summed E-state index contributed by atoms with van der Waals surface area (Å²) in [5.74, 6) is -1.13. The molecular weight excluding hydrogens is 283 g/mol. The van der Waals surface area contributed by atoms with E-state index in [9.17, 15) is 9.90 Å². The monoisotopic (exact) mass is 300 g/mol. The first kappa shape index (κ1) is 16.5. The number of rotatable bonds is 1. The molecule has 4 aliphatic heterocycles. The van der Waals surface area contributed by atoms with E-state index in [1.54, 1.807) is 18.2 Å². The number of hydrogen-bond acceptors (Lipinski definition) is 6. The molecular formula is C13H17KN4O2.